The minimum Gasteiger partial charge on any atom is -0.388 e. The first-order valence-electron chi connectivity index (χ1n) is 14.7. The summed E-state index contributed by atoms with van der Waals surface area (Å²) in [6.07, 6.45) is 3.93. The summed E-state index contributed by atoms with van der Waals surface area (Å²) in [6.45, 7) is 14.7. The van der Waals surface area contributed by atoms with Crippen molar-refractivity contribution in [3.8, 4) is 0 Å². The lowest BCUT2D eigenvalue weighted by molar-refractivity contribution is -0.325. The topological polar surface area (TPSA) is 97.6 Å². The highest BCUT2D eigenvalue weighted by molar-refractivity contribution is 4.96. The van der Waals surface area contributed by atoms with Gasteiger partial charge >= 0.3 is 0 Å². The molecule has 7 heteroatoms. The molecule has 1 saturated carbocycles. The zero-order chi connectivity index (χ0) is 26.6. The SMILES string of the molecule is CCCC[C@@H]1C[C@H](C)C(OC2O[C@H](C(C)CC)CC[C@H]2C)[C@H](O)C1OC1OC[C@](C)(O)[C@H](CC)[C@H]1O. The van der Waals surface area contributed by atoms with Crippen LogP contribution in [0.3, 0.4) is 0 Å². The fourth-order valence-corrected chi connectivity index (χ4v) is 6.61. The molecule has 7 nitrogen and oxygen atoms in total. The van der Waals surface area contributed by atoms with Crippen LogP contribution in [0, 0.1) is 29.6 Å². The number of rotatable bonds is 10. The van der Waals surface area contributed by atoms with Crippen molar-refractivity contribution >= 4 is 0 Å². The van der Waals surface area contributed by atoms with E-state index < -0.39 is 36.3 Å². The molecule has 0 aromatic heterocycles. The molecule has 3 rings (SSSR count). The number of aliphatic hydroxyl groups is 3. The predicted octanol–water partition coefficient (Wildman–Crippen LogP) is 4.65. The first kappa shape index (κ1) is 30.3. The van der Waals surface area contributed by atoms with Crippen LogP contribution in [0.4, 0.5) is 0 Å². The number of unbranched alkanes of at least 4 members (excludes halogenated alkanes) is 1. The molecule has 5 unspecified atom stereocenters. The second kappa shape index (κ2) is 13.2. The maximum atomic E-state index is 11.7. The first-order chi connectivity index (χ1) is 17.0. The van der Waals surface area contributed by atoms with Gasteiger partial charge in [0.05, 0.1) is 30.5 Å². The van der Waals surface area contributed by atoms with Gasteiger partial charge in [0.1, 0.15) is 12.2 Å². The Morgan fingerprint density at radius 3 is 2.31 bits per heavy atom. The quantitative estimate of drug-likeness (QED) is 0.390. The Morgan fingerprint density at radius 2 is 1.67 bits per heavy atom. The zero-order valence-electron chi connectivity index (χ0n) is 23.8. The summed E-state index contributed by atoms with van der Waals surface area (Å²) in [4.78, 5) is 0. The Labute approximate surface area is 219 Å². The molecule has 3 N–H and O–H groups in total. The Kier molecular flexibility index (Phi) is 11.1. The molecule has 0 aromatic carbocycles. The van der Waals surface area contributed by atoms with Crippen LogP contribution in [0.1, 0.15) is 99.8 Å². The van der Waals surface area contributed by atoms with E-state index in [2.05, 4.69) is 34.6 Å². The standard InChI is InChI=1S/C29H54O7/c1-8-11-12-20-15-19(6)25(35-27-18(5)13-14-22(34-27)17(4)9-2)24(31)26(20)36-28-23(30)21(10-3)29(7,32)16-33-28/h17-28,30-32H,8-16H2,1-7H3/t17?,18-,19+,20-,21-,22+,23-,24+,25?,26?,27?,28?,29+/m1/s1. The monoisotopic (exact) mass is 514 g/mol. The van der Waals surface area contributed by atoms with Crippen LogP contribution in [0.5, 0.6) is 0 Å². The van der Waals surface area contributed by atoms with Gasteiger partial charge in [-0.05, 0) is 56.8 Å². The summed E-state index contributed by atoms with van der Waals surface area (Å²) >= 11 is 0. The minimum atomic E-state index is -1.11. The van der Waals surface area contributed by atoms with Crippen LogP contribution < -0.4 is 0 Å². The van der Waals surface area contributed by atoms with E-state index in [-0.39, 0.29) is 42.7 Å². The van der Waals surface area contributed by atoms with Crippen LogP contribution >= 0.6 is 0 Å². The third-order valence-corrected chi connectivity index (χ3v) is 9.31. The van der Waals surface area contributed by atoms with Gasteiger partial charge in [-0.2, -0.15) is 0 Å². The molecule has 3 aliphatic rings. The maximum absolute atomic E-state index is 11.7. The van der Waals surface area contributed by atoms with Crippen LogP contribution in [-0.4, -0.2) is 70.6 Å². The van der Waals surface area contributed by atoms with Crippen LogP contribution in [0.15, 0.2) is 0 Å². The highest BCUT2D eigenvalue weighted by Crippen LogP contribution is 2.41. The van der Waals surface area contributed by atoms with Crippen molar-refractivity contribution < 1.29 is 34.3 Å². The van der Waals surface area contributed by atoms with E-state index in [1.54, 1.807) is 6.92 Å². The molecular weight excluding hydrogens is 460 g/mol. The average Bonchev–Trinajstić information content (AvgIpc) is 2.84. The third-order valence-electron chi connectivity index (χ3n) is 9.31. The molecule has 13 atom stereocenters. The van der Waals surface area contributed by atoms with E-state index in [1.165, 1.54) is 0 Å². The normalized spacial score (nSPS) is 47.0. The molecular formula is C29H54O7. The molecule has 0 spiro atoms. The zero-order valence-corrected chi connectivity index (χ0v) is 23.8. The molecule has 1 aliphatic carbocycles. The maximum Gasteiger partial charge on any atom is 0.184 e. The molecule has 212 valence electrons. The van der Waals surface area contributed by atoms with E-state index >= 15 is 0 Å². The summed E-state index contributed by atoms with van der Waals surface area (Å²) in [5.74, 6) is 0.679. The first-order valence-corrected chi connectivity index (χ1v) is 14.7. The van der Waals surface area contributed by atoms with E-state index in [0.717, 1.165) is 44.9 Å². The summed E-state index contributed by atoms with van der Waals surface area (Å²) in [6, 6.07) is 0. The van der Waals surface area contributed by atoms with E-state index in [1.807, 2.05) is 6.92 Å². The summed E-state index contributed by atoms with van der Waals surface area (Å²) in [5, 5.41) is 33.4. The van der Waals surface area contributed by atoms with Crippen molar-refractivity contribution in [1.29, 1.82) is 0 Å². The van der Waals surface area contributed by atoms with Crippen molar-refractivity contribution in [3.63, 3.8) is 0 Å². The Bertz CT molecular complexity index is 658. The van der Waals surface area contributed by atoms with Crippen molar-refractivity contribution in [1.82, 2.24) is 0 Å². The second-order valence-corrected chi connectivity index (χ2v) is 12.3. The Balaban J connectivity index is 1.75. The Hall–Kier alpha value is -0.280. The van der Waals surface area contributed by atoms with Gasteiger partial charge in [0, 0.05) is 11.8 Å². The van der Waals surface area contributed by atoms with Crippen molar-refractivity contribution in [2.24, 2.45) is 29.6 Å². The smallest absolute Gasteiger partial charge is 0.184 e. The lowest BCUT2D eigenvalue weighted by Crippen LogP contribution is -2.60. The van der Waals surface area contributed by atoms with Gasteiger partial charge in [-0.3, -0.25) is 0 Å². The fraction of sp³-hybridized carbons (Fsp3) is 1.00. The summed E-state index contributed by atoms with van der Waals surface area (Å²) in [5.41, 5.74) is -1.11. The molecule has 0 amide bonds. The highest BCUT2D eigenvalue weighted by atomic mass is 16.7. The molecule has 2 saturated heterocycles. The largest absolute Gasteiger partial charge is 0.388 e. The molecule has 0 bridgehead atoms. The molecule has 0 aromatic rings. The van der Waals surface area contributed by atoms with E-state index in [9.17, 15) is 15.3 Å². The molecule has 2 heterocycles. The van der Waals surface area contributed by atoms with Crippen LogP contribution in [0.2, 0.25) is 0 Å². The van der Waals surface area contributed by atoms with Crippen molar-refractivity contribution in [2.75, 3.05) is 6.61 Å². The second-order valence-electron chi connectivity index (χ2n) is 12.3. The third kappa shape index (κ3) is 6.83. The van der Waals surface area contributed by atoms with Gasteiger partial charge in [-0.1, -0.05) is 60.8 Å². The molecule has 3 fully saturated rings. The average molecular weight is 515 g/mol. The van der Waals surface area contributed by atoms with Crippen LogP contribution in [-0.2, 0) is 18.9 Å². The van der Waals surface area contributed by atoms with Crippen molar-refractivity contribution in [3.05, 3.63) is 0 Å². The van der Waals surface area contributed by atoms with Crippen molar-refractivity contribution in [2.45, 2.75) is 149 Å². The number of hydrogen-bond donors (Lipinski definition) is 3. The Morgan fingerprint density at radius 1 is 0.972 bits per heavy atom. The van der Waals surface area contributed by atoms with Gasteiger partial charge in [-0.25, -0.2) is 0 Å². The summed E-state index contributed by atoms with van der Waals surface area (Å²) in [7, 11) is 0. The van der Waals surface area contributed by atoms with Gasteiger partial charge in [-0.15, -0.1) is 0 Å². The van der Waals surface area contributed by atoms with Crippen LogP contribution in [0.25, 0.3) is 0 Å². The predicted molar refractivity (Wildman–Crippen MR) is 139 cm³/mol. The lowest BCUT2D eigenvalue weighted by Gasteiger charge is -2.49. The number of aliphatic hydroxyl groups excluding tert-OH is 2. The number of hydrogen-bond acceptors (Lipinski definition) is 7. The number of ether oxygens (including phenoxy) is 4. The van der Waals surface area contributed by atoms with E-state index in [4.69, 9.17) is 18.9 Å². The minimum absolute atomic E-state index is 0.0937. The van der Waals surface area contributed by atoms with Gasteiger partial charge in [0.25, 0.3) is 0 Å². The lowest BCUT2D eigenvalue weighted by atomic mass is 9.74. The van der Waals surface area contributed by atoms with Gasteiger partial charge in [0.15, 0.2) is 12.6 Å². The van der Waals surface area contributed by atoms with E-state index in [0.29, 0.717) is 12.3 Å². The van der Waals surface area contributed by atoms with Gasteiger partial charge < -0.3 is 34.3 Å². The molecule has 0 radical (unpaired) electrons. The fourth-order valence-electron chi connectivity index (χ4n) is 6.61. The van der Waals surface area contributed by atoms with Gasteiger partial charge in [0.2, 0.25) is 0 Å². The molecule has 36 heavy (non-hydrogen) atoms. The highest BCUT2D eigenvalue weighted by Gasteiger charge is 2.50. The molecule has 2 aliphatic heterocycles. The summed E-state index contributed by atoms with van der Waals surface area (Å²) < 4.78 is 25.2.